The number of benzene rings is 1. The van der Waals surface area contributed by atoms with E-state index in [2.05, 4.69) is 28.6 Å². The van der Waals surface area contributed by atoms with Gasteiger partial charge in [-0.2, -0.15) is 24.4 Å². The average Bonchev–Trinajstić information content (AvgIpc) is 2.80. The molecule has 0 aromatic heterocycles. The molecular formula is C21H30N4O8S2. The first-order valence-electron chi connectivity index (χ1n) is 10.5. The Morgan fingerprint density at radius 2 is 1.49 bits per heavy atom. The number of carbonyl (C=O) groups excluding carboxylic acids is 3. The first-order chi connectivity index (χ1) is 16.5. The normalized spacial score (nSPS) is 14.1. The van der Waals surface area contributed by atoms with E-state index in [1.54, 1.807) is 18.4 Å². The molecule has 8 N–H and O–H groups in total. The van der Waals surface area contributed by atoms with Gasteiger partial charge in [0.25, 0.3) is 0 Å². The summed E-state index contributed by atoms with van der Waals surface area (Å²) in [6.45, 7) is 0. The first-order valence-corrected chi connectivity index (χ1v) is 12.5. The molecule has 1 rings (SSSR count). The second kappa shape index (κ2) is 15.1. The average molecular weight is 531 g/mol. The Morgan fingerprint density at radius 3 is 2.00 bits per heavy atom. The second-order valence-corrected chi connectivity index (χ2v) is 8.91. The molecule has 4 unspecified atom stereocenters. The standard InChI is InChI=1S/C21H30N4O8S2/c1-35-7-6-14(19(30)24-15(21(32)33)9-17(27)28)23-20(31)16(10-34)25-18(29)13(22)8-11-2-4-12(26)5-3-11/h2-5,13-16,26,34H,6-10,22H2,1H3,(H,23,31)(H,24,30)(H,25,29)(H,27,28)(H,32,33). The zero-order valence-corrected chi connectivity index (χ0v) is 20.7. The number of hydrogen-bond donors (Lipinski definition) is 8. The van der Waals surface area contributed by atoms with E-state index >= 15 is 0 Å². The maximum atomic E-state index is 12.8. The number of nitrogens with one attached hydrogen (secondary N) is 3. The van der Waals surface area contributed by atoms with E-state index in [9.17, 15) is 29.1 Å². The lowest BCUT2D eigenvalue weighted by molar-refractivity contribution is -0.147. The molecule has 0 saturated carbocycles. The molecule has 1 aromatic rings. The van der Waals surface area contributed by atoms with Gasteiger partial charge in [-0.05, 0) is 42.5 Å². The summed E-state index contributed by atoms with van der Waals surface area (Å²) in [5.41, 5.74) is 6.62. The predicted molar refractivity (Wildman–Crippen MR) is 132 cm³/mol. The van der Waals surface area contributed by atoms with Crippen LogP contribution in [-0.2, 0) is 30.4 Å². The predicted octanol–water partition coefficient (Wildman–Crippen LogP) is -1.04. The molecule has 0 spiro atoms. The van der Waals surface area contributed by atoms with E-state index in [0.29, 0.717) is 11.3 Å². The van der Waals surface area contributed by atoms with E-state index in [4.69, 9.17) is 15.9 Å². The third-order valence-electron chi connectivity index (χ3n) is 4.78. The minimum atomic E-state index is -1.67. The highest BCUT2D eigenvalue weighted by atomic mass is 32.2. The molecule has 0 bridgehead atoms. The molecule has 0 aliphatic carbocycles. The molecule has 14 heteroatoms. The van der Waals surface area contributed by atoms with Crippen molar-refractivity contribution in [2.45, 2.75) is 43.4 Å². The van der Waals surface area contributed by atoms with Crippen LogP contribution in [0.1, 0.15) is 18.4 Å². The summed E-state index contributed by atoms with van der Waals surface area (Å²) < 4.78 is 0. The molecule has 1 aromatic carbocycles. The third-order valence-corrected chi connectivity index (χ3v) is 5.79. The third kappa shape index (κ3) is 10.9. The smallest absolute Gasteiger partial charge is 0.326 e. The number of amides is 3. The molecule has 0 radical (unpaired) electrons. The lowest BCUT2D eigenvalue weighted by Gasteiger charge is -2.24. The molecule has 0 aliphatic rings. The van der Waals surface area contributed by atoms with Crippen LogP contribution in [0.2, 0.25) is 0 Å². The summed E-state index contributed by atoms with van der Waals surface area (Å²) >= 11 is 5.46. The fraction of sp³-hybridized carbons (Fsp3) is 0.476. The number of phenols is 1. The van der Waals surface area contributed by atoms with Gasteiger partial charge in [-0.15, -0.1) is 0 Å². The molecule has 0 saturated heterocycles. The van der Waals surface area contributed by atoms with Crippen LogP contribution in [0, 0.1) is 0 Å². The van der Waals surface area contributed by atoms with Gasteiger partial charge < -0.3 is 37.0 Å². The monoisotopic (exact) mass is 530 g/mol. The molecule has 35 heavy (non-hydrogen) atoms. The fourth-order valence-electron chi connectivity index (χ4n) is 2.88. The van der Waals surface area contributed by atoms with Crippen molar-refractivity contribution in [3.8, 4) is 5.75 Å². The van der Waals surface area contributed by atoms with Gasteiger partial charge in [0.15, 0.2) is 0 Å². The summed E-state index contributed by atoms with van der Waals surface area (Å²) in [5, 5.41) is 34.4. The maximum Gasteiger partial charge on any atom is 0.326 e. The zero-order chi connectivity index (χ0) is 26.5. The van der Waals surface area contributed by atoms with Crippen LogP contribution in [0.4, 0.5) is 0 Å². The van der Waals surface area contributed by atoms with Crippen LogP contribution >= 0.6 is 24.4 Å². The fourth-order valence-corrected chi connectivity index (χ4v) is 3.60. The lowest BCUT2D eigenvalue weighted by atomic mass is 10.1. The number of aromatic hydroxyl groups is 1. The summed E-state index contributed by atoms with van der Waals surface area (Å²) in [5.74, 6) is -4.80. The highest BCUT2D eigenvalue weighted by Crippen LogP contribution is 2.11. The number of thiol groups is 1. The minimum absolute atomic E-state index is 0.0660. The van der Waals surface area contributed by atoms with Gasteiger partial charge in [0.2, 0.25) is 17.7 Å². The van der Waals surface area contributed by atoms with Crippen LogP contribution in [0.25, 0.3) is 0 Å². The maximum absolute atomic E-state index is 12.8. The van der Waals surface area contributed by atoms with Crippen molar-refractivity contribution in [2.24, 2.45) is 5.73 Å². The number of hydrogen-bond acceptors (Lipinski definition) is 9. The van der Waals surface area contributed by atoms with Crippen molar-refractivity contribution in [3.63, 3.8) is 0 Å². The van der Waals surface area contributed by atoms with Crippen LogP contribution < -0.4 is 21.7 Å². The van der Waals surface area contributed by atoms with Crippen LogP contribution in [-0.4, -0.2) is 86.9 Å². The number of thioether (sulfide) groups is 1. The van der Waals surface area contributed by atoms with Gasteiger partial charge in [0, 0.05) is 5.75 Å². The Labute approximate surface area is 211 Å². The minimum Gasteiger partial charge on any atom is -0.508 e. The van der Waals surface area contributed by atoms with E-state index in [1.165, 1.54) is 23.9 Å². The van der Waals surface area contributed by atoms with E-state index in [-0.39, 0.29) is 24.3 Å². The molecular weight excluding hydrogens is 500 g/mol. The Morgan fingerprint density at radius 1 is 0.943 bits per heavy atom. The van der Waals surface area contributed by atoms with E-state index in [1.807, 2.05) is 0 Å². The van der Waals surface area contributed by atoms with Gasteiger partial charge in [-0.25, -0.2) is 4.79 Å². The van der Waals surface area contributed by atoms with E-state index in [0.717, 1.165) is 0 Å². The summed E-state index contributed by atoms with van der Waals surface area (Å²) in [6.07, 6.45) is 1.21. The molecule has 4 atom stereocenters. The van der Waals surface area contributed by atoms with Crippen molar-refractivity contribution >= 4 is 54.1 Å². The van der Waals surface area contributed by atoms with Gasteiger partial charge in [-0.1, -0.05) is 12.1 Å². The molecule has 3 amide bonds. The van der Waals surface area contributed by atoms with E-state index < -0.39 is 60.2 Å². The quantitative estimate of drug-likeness (QED) is 0.129. The highest BCUT2D eigenvalue weighted by Gasteiger charge is 2.30. The number of phenolic OH excluding ortho intramolecular Hbond substituents is 1. The van der Waals surface area contributed by atoms with Crippen molar-refractivity contribution in [3.05, 3.63) is 29.8 Å². The highest BCUT2D eigenvalue weighted by molar-refractivity contribution is 7.98. The Balaban J connectivity index is 2.82. The number of carboxylic acid groups (broad SMARTS) is 2. The number of carboxylic acids is 2. The van der Waals surface area contributed by atoms with Crippen LogP contribution in [0.5, 0.6) is 5.75 Å². The SMILES string of the molecule is CSCCC(NC(=O)C(CS)NC(=O)C(N)Cc1ccc(O)cc1)C(=O)NC(CC(=O)O)C(=O)O. The van der Waals surface area contributed by atoms with Crippen molar-refractivity contribution in [2.75, 3.05) is 17.8 Å². The van der Waals surface area contributed by atoms with Crippen LogP contribution in [0.3, 0.4) is 0 Å². The Bertz CT molecular complexity index is 900. The zero-order valence-electron chi connectivity index (χ0n) is 19.0. The van der Waals surface area contributed by atoms with Crippen molar-refractivity contribution in [1.82, 2.24) is 16.0 Å². The summed E-state index contributed by atoms with van der Waals surface area (Å²) in [4.78, 5) is 60.0. The van der Waals surface area contributed by atoms with Crippen molar-refractivity contribution < 1.29 is 39.3 Å². The van der Waals surface area contributed by atoms with Crippen LogP contribution in [0.15, 0.2) is 24.3 Å². The Hall–Kier alpha value is -2.97. The summed E-state index contributed by atoms with van der Waals surface area (Å²) in [6, 6.07) is 1.13. The van der Waals surface area contributed by atoms with Crippen molar-refractivity contribution in [1.29, 1.82) is 0 Å². The van der Waals surface area contributed by atoms with Gasteiger partial charge in [0.05, 0.1) is 12.5 Å². The molecule has 12 nitrogen and oxygen atoms in total. The molecule has 0 fully saturated rings. The molecule has 194 valence electrons. The first kappa shape index (κ1) is 30.1. The number of carbonyl (C=O) groups is 5. The summed E-state index contributed by atoms with van der Waals surface area (Å²) in [7, 11) is 0. The number of nitrogens with two attached hydrogens (primary N) is 1. The van der Waals surface area contributed by atoms with Gasteiger partial charge >= 0.3 is 11.9 Å². The lowest BCUT2D eigenvalue weighted by Crippen LogP contribution is -2.58. The topological polar surface area (TPSA) is 208 Å². The Kier molecular flexibility index (Phi) is 13.0. The van der Waals surface area contributed by atoms with Gasteiger partial charge in [0.1, 0.15) is 23.9 Å². The molecule has 0 heterocycles. The second-order valence-electron chi connectivity index (χ2n) is 7.56. The number of aliphatic carboxylic acids is 2. The number of rotatable bonds is 15. The van der Waals surface area contributed by atoms with Gasteiger partial charge in [-0.3, -0.25) is 19.2 Å². The molecule has 0 aliphatic heterocycles. The largest absolute Gasteiger partial charge is 0.508 e.